The molecule has 2 nitrogen and oxygen atoms in total. The predicted molar refractivity (Wildman–Crippen MR) is 62.2 cm³/mol. The van der Waals surface area contributed by atoms with Gasteiger partial charge in [0.2, 0.25) is 0 Å². The van der Waals surface area contributed by atoms with E-state index in [0.29, 0.717) is 16.3 Å². The van der Waals surface area contributed by atoms with Gasteiger partial charge in [-0.2, -0.15) is 0 Å². The number of Topliss-reactive ketones (excluding diaryl/α,β-unsaturated/α-hetero) is 1. The number of carbonyl (C=O) groups is 1. The van der Waals surface area contributed by atoms with Crippen LogP contribution in [0, 0.1) is 5.41 Å². The molecule has 0 unspecified atom stereocenters. The number of anilines is 1. The van der Waals surface area contributed by atoms with E-state index in [4.69, 9.17) is 17.3 Å². The maximum absolute atomic E-state index is 12.1. The number of hydrogen-bond donors (Lipinski definition) is 1. The molecule has 0 spiro atoms. The molecule has 2 rings (SSSR count). The van der Waals surface area contributed by atoms with Crippen molar-refractivity contribution in [1.29, 1.82) is 0 Å². The summed E-state index contributed by atoms with van der Waals surface area (Å²) < 4.78 is 0. The molecule has 0 heterocycles. The molecule has 1 aromatic carbocycles. The van der Waals surface area contributed by atoms with Gasteiger partial charge in [-0.1, -0.05) is 18.5 Å². The molecule has 1 aliphatic carbocycles. The third-order valence-corrected chi connectivity index (χ3v) is 3.60. The molecule has 80 valence electrons. The first kappa shape index (κ1) is 10.5. The van der Waals surface area contributed by atoms with Crippen LogP contribution in [-0.4, -0.2) is 5.78 Å². The lowest BCUT2D eigenvalue weighted by Crippen LogP contribution is -2.14. The zero-order chi connectivity index (χ0) is 11.1. The maximum atomic E-state index is 12.1. The Hall–Kier alpha value is -1.02. The van der Waals surface area contributed by atoms with Gasteiger partial charge in [0.15, 0.2) is 5.78 Å². The molecule has 0 atom stereocenters. The summed E-state index contributed by atoms with van der Waals surface area (Å²) in [6.07, 6.45) is 2.92. The van der Waals surface area contributed by atoms with Crippen LogP contribution in [0.2, 0.25) is 5.02 Å². The van der Waals surface area contributed by atoms with Gasteiger partial charge in [0.05, 0.1) is 10.7 Å². The van der Waals surface area contributed by atoms with Gasteiger partial charge >= 0.3 is 0 Å². The van der Waals surface area contributed by atoms with Crippen LogP contribution >= 0.6 is 11.6 Å². The lowest BCUT2D eigenvalue weighted by molar-refractivity contribution is 0.0896. The molecule has 0 aromatic heterocycles. The highest BCUT2D eigenvalue weighted by molar-refractivity contribution is 6.33. The number of halogens is 1. The third kappa shape index (κ3) is 1.74. The molecular formula is C12H14ClNO. The minimum Gasteiger partial charge on any atom is -0.398 e. The van der Waals surface area contributed by atoms with Crippen LogP contribution in [0.4, 0.5) is 5.69 Å². The van der Waals surface area contributed by atoms with Crippen molar-refractivity contribution < 1.29 is 4.79 Å². The summed E-state index contributed by atoms with van der Waals surface area (Å²) in [7, 11) is 0. The van der Waals surface area contributed by atoms with Crippen LogP contribution in [0.15, 0.2) is 18.2 Å². The second kappa shape index (κ2) is 3.53. The molecule has 1 saturated carbocycles. The number of benzene rings is 1. The Morgan fingerprint density at radius 3 is 2.67 bits per heavy atom. The minimum atomic E-state index is -0.0978. The van der Waals surface area contributed by atoms with Crippen molar-refractivity contribution in [3.05, 3.63) is 28.8 Å². The molecule has 3 heteroatoms. The van der Waals surface area contributed by atoms with E-state index in [0.717, 1.165) is 19.3 Å². The number of rotatable bonds is 3. The van der Waals surface area contributed by atoms with Crippen LogP contribution in [0.5, 0.6) is 0 Å². The van der Waals surface area contributed by atoms with Gasteiger partial charge in [0.1, 0.15) is 0 Å². The van der Waals surface area contributed by atoms with Gasteiger partial charge in [-0.15, -0.1) is 0 Å². The Morgan fingerprint density at radius 1 is 1.53 bits per heavy atom. The van der Waals surface area contributed by atoms with E-state index in [1.807, 2.05) is 0 Å². The summed E-state index contributed by atoms with van der Waals surface area (Å²) in [5.74, 6) is 0.215. The predicted octanol–water partition coefficient (Wildman–Crippen LogP) is 3.30. The van der Waals surface area contributed by atoms with E-state index in [1.165, 1.54) is 0 Å². The largest absolute Gasteiger partial charge is 0.398 e. The molecule has 0 bridgehead atoms. The average Bonchev–Trinajstić information content (AvgIpc) is 3.02. The zero-order valence-electron chi connectivity index (χ0n) is 8.72. The monoisotopic (exact) mass is 223 g/mol. The Labute approximate surface area is 94.4 Å². The highest BCUT2D eigenvalue weighted by atomic mass is 35.5. The smallest absolute Gasteiger partial charge is 0.169 e. The van der Waals surface area contributed by atoms with E-state index in [9.17, 15) is 4.79 Å². The highest BCUT2D eigenvalue weighted by Crippen LogP contribution is 2.51. The number of ketones is 1. The molecule has 0 radical (unpaired) electrons. The molecule has 2 N–H and O–H groups in total. The second-order valence-electron chi connectivity index (χ2n) is 4.20. The summed E-state index contributed by atoms with van der Waals surface area (Å²) in [6, 6.07) is 5.13. The van der Waals surface area contributed by atoms with Crippen LogP contribution in [0.3, 0.4) is 0 Å². The quantitative estimate of drug-likeness (QED) is 0.631. The summed E-state index contributed by atoms with van der Waals surface area (Å²) >= 11 is 5.89. The average molecular weight is 224 g/mol. The van der Waals surface area contributed by atoms with Crippen LogP contribution in [0.1, 0.15) is 36.5 Å². The number of carbonyl (C=O) groups excluding carboxylic acids is 1. The van der Waals surface area contributed by atoms with Gasteiger partial charge in [-0.3, -0.25) is 4.79 Å². The van der Waals surface area contributed by atoms with Crippen molar-refractivity contribution in [3.63, 3.8) is 0 Å². The van der Waals surface area contributed by atoms with Crippen LogP contribution in [0.25, 0.3) is 0 Å². The van der Waals surface area contributed by atoms with E-state index in [-0.39, 0.29) is 11.2 Å². The third-order valence-electron chi connectivity index (χ3n) is 3.27. The lowest BCUT2D eigenvalue weighted by Gasteiger charge is -2.11. The Kier molecular flexibility index (Phi) is 2.47. The van der Waals surface area contributed by atoms with Crippen LogP contribution in [-0.2, 0) is 0 Å². The summed E-state index contributed by atoms with van der Waals surface area (Å²) in [6.45, 7) is 2.06. The van der Waals surface area contributed by atoms with Gasteiger partial charge in [-0.05, 0) is 37.5 Å². The molecule has 0 saturated heterocycles. The van der Waals surface area contributed by atoms with E-state index in [2.05, 4.69) is 6.92 Å². The SMILES string of the molecule is CCC1(C(=O)c2ccc(N)c(Cl)c2)CC1. The van der Waals surface area contributed by atoms with Gasteiger partial charge in [-0.25, -0.2) is 0 Å². The summed E-state index contributed by atoms with van der Waals surface area (Å²) in [5.41, 5.74) is 6.72. The number of nitrogen functional groups attached to an aromatic ring is 1. The molecule has 15 heavy (non-hydrogen) atoms. The second-order valence-corrected chi connectivity index (χ2v) is 4.61. The topological polar surface area (TPSA) is 43.1 Å². The zero-order valence-corrected chi connectivity index (χ0v) is 9.47. The van der Waals surface area contributed by atoms with Gasteiger partial charge in [0.25, 0.3) is 0 Å². The Bertz CT molecular complexity index is 410. The van der Waals surface area contributed by atoms with Crippen molar-refractivity contribution in [1.82, 2.24) is 0 Å². The van der Waals surface area contributed by atoms with Crippen molar-refractivity contribution >= 4 is 23.1 Å². The molecule has 0 amide bonds. The summed E-state index contributed by atoms with van der Waals surface area (Å²) in [5, 5.41) is 0.466. The van der Waals surface area contributed by atoms with E-state index < -0.39 is 0 Å². The van der Waals surface area contributed by atoms with E-state index >= 15 is 0 Å². The Balaban J connectivity index is 2.30. The molecular weight excluding hydrogens is 210 g/mol. The van der Waals surface area contributed by atoms with Crippen molar-refractivity contribution in [3.8, 4) is 0 Å². The normalized spacial score (nSPS) is 17.5. The summed E-state index contributed by atoms with van der Waals surface area (Å²) in [4.78, 5) is 12.1. The maximum Gasteiger partial charge on any atom is 0.169 e. The molecule has 1 aliphatic rings. The fraction of sp³-hybridized carbons (Fsp3) is 0.417. The standard InChI is InChI=1S/C12H14ClNO/c1-2-12(5-6-12)11(15)8-3-4-10(14)9(13)7-8/h3-4,7H,2,5-6,14H2,1H3. The first-order valence-electron chi connectivity index (χ1n) is 5.19. The van der Waals surface area contributed by atoms with Crippen LogP contribution < -0.4 is 5.73 Å². The number of hydrogen-bond acceptors (Lipinski definition) is 2. The fourth-order valence-electron chi connectivity index (χ4n) is 1.87. The molecule has 0 aliphatic heterocycles. The first-order valence-corrected chi connectivity index (χ1v) is 5.57. The Morgan fingerprint density at radius 2 is 2.20 bits per heavy atom. The lowest BCUT2D eigenvalue weighted by atomic mass is 9.92. The number of nitrogens with two attached hydrogens (primary N) is 1. The highest BCUT2D eigenvalue weighted by Gasteiger charge is 2.47. The van der Waals surface area contributed by atoms with Crippen molar-refractivity contribution in [2.75, 3.05) is 5.73 Å². The molecule has 1 aromatic rings. The molecule has 1 fully saturated rings. The van der Waals surface area contributed by atoms with Crippen molar-refractivity contribution in [2.45, 2.75) is 26.2 Å². The minimum absolute atomic E-state index is 0.0978. The van der Waals surface area contributed by atoms with Gasteiger partial charge < -0.3 is 5.73 Å². The van der Waals surface area contributed by atoms with Crippen molar-refractivity contribution in [2.24, 2.45) is 5.41 Å². The van der Waals surface area contributed by atoms with Gasteiger partial charge in [0, 0.05) is 11.0 Å². The van der Waals surface area contributed by atoms with E-state index in [1.54, 1.807) is 18.2 Å². The first-order chi connectivity index (χ1) is 7.09. The fourth-order valence-corrected chi connectivity index (χ4v) is 2.05.